The van der Waals surface area contributed by atoms with Crippen molar-refractivity contribution in [3.05, 3.63) is 69.1 Å². The van der Waals surface area contributed by atoms with Crippen LogP contribution in [-0.2, 0) is 30.2 Å². The Morgan fingerprint density at radius 2 is 1.91 bits per heavy atom. The van der Waals surface area contributed by atoms with Gasteiger partial charge in [-0.25, -0.2) is 0 Å². The van der Waals surface area contributed by atoms with E-state index in [1.807, 2.05) is 19.9 Å². The first-order valence-corrected chi connectivity index (χ1v) is 11.4. The molecule has 1 aromatic heterocycles. The Morgan fingerprint density at radius 3 is 2.56 bits per heavy atom. The van der Waals surface area contributed by atoms with E-state index in [9.17, 15) is 27.9 Å². The number of carboxylic acid groups (broad SMARTS) is 1. The fourth-order valence-electron chi connectivity index (χ4n) is 4.61. The number of hydrogen-bond donors (Lipinski definition) is 1. The number of carbonyl (C=O) groups is 2. The third kappa shape index (κ3) is 4.18. The molecule has 0 saturated carbocycles. The van der Waals surface area contributed by atoms with Gasteiger partial charge in [0.2, 0.25) is 0 Å². The fourth-order valence-corrected chi connectivity index (χ4v) is 6.01. The van der Waals surface area contributed by atoms with Gasteiger partial charge in [-0.1, -0.05) is 38.1 Å². The van der Waals surface area contributed by atoms with Crippen LogP contribution in [0.5, 0.6) is 0 Å². The zero-order chi connectivity index (χ0) is 23.2. The lowest BCUT2D eigenvalue weighted by molar-refractivity contribution is -0.141. The van der Waals surface area contributed by atoms with Crippen molar-refractivity contribution in [2.24, 2.45) is 5.92 Å². The number of carboxylic acids is 1. The van der Waals surface area contributed by atoms with Crippen LogP contribution < -0.4 is 0 Å². The molecule has 1 N–H and O–H groups in total. The Kier molecular flexibility index (Phi) is 5.88. The molecule has 0 fully saturated rings. The van der Waals surface area contributed by atoms with E-state index in [-0.39, 0.29) is 18.1 Å². The maximum atomic E-state index is 13.1. The molecule has 3 aromatic rings. The Labute approximate surface area is 187 Å². The van der Waals surface area contributed by atoms with Crippen LogP contribution in [0, 0.1) is 5.92 Å². The minimum Gasteiger partial charge on any atom is -0.481 e. The summed E-state index contributed by atoms with van der Waals surface area (Å²) in [5, 5.41) is 10.1. The highest BCUT2D eigenvalue weighted by Gasteiger charge is 2.32. The molecule has 0 bridgehead atoms. The van der Waals surface area contributed by atoms with E-state index in [1.54, 1.807) is 12.1 Å². The number of aliphatic carboxylic acids is 1. The number of Topliss-reactive ketones (excluding diaryl/α,β-unsaturated/α-hetero) is 1. The van der Waals surface area contributed by atoms with Gasteiger partial charge in [0.05, 0.1) is 11.5 Å². The van der Waals surface area contributed by atoms with Crippen LogP contribution >= 0.6 is 11.3 Å². The average molecular weight is 461 g/mol. The van der Waals surface area contributed by atoms with Gasteiger partial charge < -0.3 is 5.11 Å². The third-order valence-corrected chi connectivity index (χ3v) is 7.36. The maximum Gasteiger partial charge on any atom is 0.416 e. The second kappa shape index (κ2) is 8.35. The monoisotopic (exact) mass is 460 g/mol. The number of halogens is 3. The van der Waals surface area contributed by atoms with Crippen LogP contribution in [0.15, 0.2) is 36.4 Å². The highest BCUT2D eigenvalue weighted by atomic mass is 32.1. The van der Waals surface area contributed by atoms with Crippen molar-refractivity contribution in [2.75, 3.05) is 0 Å². The molecule has 168 valence electrons. The summed E-state index contributed by atoms with van der Waals surface area (Å²) < 4.78 is 40.0. The van der Waals surface area contributed by atoms with Gasteiger partial charge in [-0.15, -0.1) is 11.3 Å². The second-order valence-electron chi connectivity index (χ2n) is 8.61. The number of carbonyl (C=O) groups excluding carboxylic acids is 1. The number of thiophene rings is 1. The molecule has 4 rings (SSSR count). The molecule has 7 heteroatoms. The maximum absolute atomic E-state index is 13.1. The molecule has 0 amide bonds. The molecule has 1 aliphatic rings. The van der Waals surface area contributed by atoms with Crippen molar-refractivity contribution in [2.45, 2.75) is 51.6 Å². The standard InChI is InChI=1S/C25H23F3O3S/c1-13(2)23-18-7-6-16(25(26,27)28)12-22(18)32-21(23)9-8-20(29)17-5-3-4-14-10-15(24(30)31)11-19(14)17/h3-7,12-13,15H,8-11H2,1-2H3,(H,30,31). The molecule has 1 atom stereocenters. The van der Waals surface area contributed by atoms with Gasteiger partial charge in [0, 0.05) is 21.6 Å². The molecule has 0 spiro atoms. The van der Waals surface area contributed by atoms with Crippen LogP contribution in [0.4, 0.5) is 13.2 Å². The quantitative estimate of drug-likeness (QED) is 0.419. The molecule has 0 aliphatic heterocycles. The second-order valence-corrected chi connectivity index (χ2v) is 9.75. The zero-order valence-electron chi connectivity index (χ0n) is 17.8. The topological polar surface area (TPSA) is 54.4 Å². The van der Waals surface area contributed by atoms with Crippen LogP contribution in [0.3, 0.4) is 0 Å². The van der Waals surface area contributed by atoms with Crippen LogP contribution in [-0.4, -0.2) is 16.9 Å². The summed E-state index contributed by atoms with van der Waals surface area (Å²) in [5.74, 6) is -1.31. The van der Waals surface area contributed by atoms with Crippen molar-refractivity contribution >= 4 is 33.2 Å². The van der Waals surface area contributed by atoms with Crippen molar-refractivity contribution in [1.82, 2.24) is 0 Å². The molecule has 2 aromatic carbocycles. The Balaban J connectivity index is 1.60. The Hall–Kier alpha value is -2.67. The van der Waals surface area contributed by atoms with E-state index in [0.29, 0.717) is 29.5 Å². The van der Waals surface area contributed by atoms with Gasteiger partial charge in [0.25, 0.3) is 0 Å². The number of aryl methyl sites for hydroxylation is 1. The van der Waals surface area contributed by atoms with Crippen molar-refractivity contribution in [3.63, 3.8) is 0 Å². The highest BCUT2D eigenvalue weighted by Crippen LogP contribution is 2.40. The van der Waals surface area contributed by atoms with E-state index in [0.717, 1.165) is 33.0 Å². The molecule has 0 saturated heterocycles. The average Bonchev–Trinajstić information content (AvgIpc) is 3.31. The smallest absolute Gasteiger partial charge is 0.416 e. The van der Waals surface area contributed by atoms with Crippen molar-refractivity contribution in [1.29, 1.82) is 0 Å². The summed E-state index contributed by atoms with van der Waals surface area (Å²) >= 11 is 1.32. The summed E-state index contributed by atoms with van der Waals surface area (Å²) in [6.45, 7) is 4.00. The van der Waals surface area contributed by atoms with E-state index >= 15 is 0 Å². The van der Waals surface area contributed by atoms with Gasteiger partial charge in [-0.05, 0) is 59.4 Å². The summed E-state index contributed by atoms with van der Waals surface area (Å²) in [4.78, 5) is 25.4. The molecule has 32 heavy (non-hydrogen) atoms. The van der Waals surface area contributed by atoms with Crippen molar-refractivity contribution < 1.29 is 27.9 Å². The van der Waals surface area contributed by atoms with Gasteiger partial charge in [-0.3, -0.25) is 9.59 Å². The predicted octanol–water partition coefficient (Wildman–Crippen LogP) is 6.66. The molecule has 3 nitrogen and oxygen atoms in total. The lowest BCUT2D eigenvalue weighted by Crippen LogP contribution is -2.13. The first kappa shape index (κ1) is 22.5. The molecule has 1 aliphatic carbocycles. The van der Waals surface area contributed by atoms with E-state index in [1.165, 1.54) is 23.5 Å². The predicted molar refractivity (Wildman–Crippen MR) is 119 cm³/mol. The number of alkyl halides is 3. The number of ketones is 1. The van der Waals surface area contributed by atoms with Crippen molar-refractivity contribution in [3.8, 4) is 0 Å². The van der Waals surface area contributed by atoms with Gasteiger partial charge in [-0.2, -0.15) is 13.2 Å². The summed E-state index contributed by atoms with van der Waals surface area (Å²) in [7, 11) is 0. The summed E-state index contributed by atoms with van der Waals surface area (Å²) in [5.41, 5.74) is 2.62. The summed E-state index contributed by atoms with van der Waals surface area (Å²) in [6.07, 6.45) is -2.94. The number of hydrogen-bond acceptors (Lipinski definition) is 3. The normalized spacial score (nSPS) is 16.0. The van der Waals surface area contributed by atoms with Crippen LogP contribution in [0.1, 0.15) is 63.7 Å². The first-order chi connectivity index (χ1) is 15.1. The molecular weight excluding hydrogens is 437 g/mol. The molecule has 1 heterocycles. The van der Waals surface area contributed by atoms with Gasteiger partial charge >= 0.3 is 12.1 Å². The number of benzene rings is 2. The van der Waals surface area contributed by atoms with E-state index < -0.39 is 23.6 Å². The lowest BCUT2D eigenvalue weighted by Gasteiger charge is -2.10. The Bertz CT molecular complexity index is 1210. The zero-order valence-corrected chi connectivity index (χ0v) is 18.6. The van der Waals surface area contributed by atoms with Gasteiger partial charge in [0.15, 0.2) is 5.78 Å². The van der Waals surface area contributed by atoms with E-state index in [4.69, 9.17) is 0 Å². The lowest BCUT2D eigenvalue weighted by atomic mass is 9.94. The SMILES string of the molecule is CC(C)c1c(CCC(=O)c2cccc3c2CC(C(=O)O)C3)sc2cc(C(F)(F)F)ccc12. The fraction of sp³-hybridized carbons (Fsp3) is 0.360. The van der Waals surface area contributed by atoms with Gasteiger partial charge in [0.1, 0.15) is 0 Å². The van der Waals surface area contributed by atoms with Crippen LogP contribution in [0.2, 0.25) is 0 Å². The van der Waals surface area contributed by atoms with E-state index in [2.05, 4.69) is 0 Å². The minimum absolute atomic E-state index is 0.0592. The first-order valence-electron chi connectivity index (χ1n) is 10.6. The molecular formula is C25H23F3O3S. The third-order valence-electron chi connectivity index (χ3n) is 6.13. The highest BCUT2D eigenvalue weighted by molar-refractivity contribution is 7.19. The summed E-state index contributed by atoms with van der Waals surface area (Å²) in [6, 6.07) is 9.24. The Morgan fingerprint density at radius 1 is 1.16 bits per heavy atom. The molecule has 1 unspecified atom stereocenters. The minimum atomic E-state index is -4.40. The number of fused-ring (bicyclic) bond motifs is 2. The molecule has 0 radical (unpaired) electrons. The van der Waals surface area contributed by atoms with Crippen LogP contribution in [0.25, 0.3) is 10.1 Å². The number of rotatable bonds is 6. The largest absolute Gasteiger partial charge is 0.481 e.